The molecule has 0 bridgehead atoms. The Morgan fingerprint density at radius 2 is 2.00 bits per heavy atom. The molecule has 0 aromatic carbocycles. The van der Waals surface area contributed by atoms with E-state index >= 15 is 0 Å². The molecule has 1 rings (SSSR count). The summed E-state index contributed by atoms with van der Waals surface area (Å²) in [6, 6.07) is 1.11. The van der Waals surface area contributed by atoms with Crippen molar-refractivity contribution in [1.29, 1.82) is 0 Å². The summed E-state index contributed by atoms with van der Waals surface area (Å²) < 4.78 is 5.52. The molecule has 2 heteroatoms. The lowest BCUT2D eigenvalue weighted by Crippen LogP contribution is -2.38. The molecular weight excluding hydrogens is 126 g/mol. The highest BCUT2D eigenvalue weighted by Gasteiger charge is 2.18. The van der Waals surface area contributed by atoms with Crippen LogP contribution >= 0.6 is 0 Å². The Bertz CT molecular complexity index is 105. The first-order valence-electron chi connectivity index (χ1n) is 4.08. The second-order valence-electron chi connectivity index (χ2n) is 3.22. The van der Waals surface area contributed by atoms with Crippen LogP contribution in [-0.2, 0) is 4.74 Å². The Hall–Kier alpha value is -0.0800. The largest absolute Gasteiger partial charge is 0.377 e. The molecule has 60 valence electrons. The standard InChI is InChI=1S/C8H17NO/c1-6-4-5-10-8(3)7(2)9-6/h6-9H,4-5H2,1-3H3. The third-order valence-corrected chi connectivity index (χ3v) is 2.18. The summed E-state index contributed by atoms with van der Waals surface area (Å²) in [7, 11) is 0. The Balaban J connectivity index is 2.41. The molecule has 1 aliphatic rings. The number of hydrogen-bond donors (Lipinski definition) is 1. The van der Waals surface area contributed by atoms with E-state index in [4.69, 9.17) is 4.74 Å². The van der Waals surface area contributed by atoms with Gasteiger partial charge in [-0.2, -0.15) is 0 Å². The first-order valence-corrected chi connectivity index (χ1v) is 4.08. The van der Waals surface area contributed by atoms with E-state index in [1.807, 2.05) is 0 Å². The number of nitrogens with one attached hydrogen (secondary N) is 1. The average Bonchev–Trinajstić information content (AvgIpc) is 1.96. The predicted octanol–water partition coefficient (Wildman–Crippen LogP) is 1.16. The van der Waals surface area contributed by atoms with Crippen molar-refractivity contribution < 1.29 is 4.74 Å². The molecule has 10 heavy (non-hydrogen) atoms. The van der Waals surface area contributed by atoms with Crippen LogP contribution in [0.5, 0.6) is 0 Å². The van der Waals surface area contributed by atoms with Crippen molar-refractivity contribution in [2.45, 2.75) is 45.4 Å². The fraction of sp³-hybridized carbons (Fsp3) is 1.00. The normalized spacial score (nSPS) is 42.9. The predicted molar refractivity (Wildman–Crippen MR) is 42.1 cm³/mol. The van der Waals surface area contributed by atoms with Crippen LogP contribution in [0.2, 0.25) is 0 Å². The van der Waals surface area contributed by atoms with E-state index in [2.05, 4.69) is 26.1 Å². The van der Waals surface area contributed by atoms with Gasteiger partial charge in [0.1, 0.15) is 0 Å². The minimum atomic E-state index is 0.366. The zero-order valence-electron chi connectivity index (χ0n) is 7.05. The molecule has 1 heterocycles. The highest BCUT2D eigenvalue weighted by atomic mass is 16.5. The van der Waals surface area contributed by atoms with Gasteiger partial charge in [-0.3, -0.25) is 0 Å². The van der Waals surface area contributed by atoms with Crippen molar-refractivity contribution in [2.75, 3.05) is 6.61 Å². The molecule has 0 amide bonds. The maximum atomic E-state index is 5.52. The van der Waals surface area contributed by atoms with Crippen molar-refractivity contribution in [2.24, 2.45) is 0 Å². The van der Waals surface area contributed by atoms with Crippen LogP contribution in [0.3, 0.4) is 0 Å². The van der Waals surface area contributed by atoms with Crippen molar-refractivity contribution in [3.8, 4) is 0 Å². The average molecular weight is 143 g/mol. The summed E-state index contributed by atoms with van der Waals surface area (Å²) in [5.74, 6) is 0. The first-order chi connectivity index (χ1) is 4.70. The van der Waals surface area contributed by atoms with E-state index < -0.39 is 0 Å². The summed E-state index contributed by atoms with van der Waals surface area (Å²) in [6.07, 6.45) is 1.50. The fourth-order valence-electron chi connectivity index (χ4n) is 1.24. The molecule has 1 N–H and O–H groups in total. The zero-order valence-corrected chi connectivity index (χ0v) is 7.05. The lowest BCUT2D eigenvalue weighted by atomic mass is 10.2. The van der Waals surface area contributed by atoms with Gasteiger partial charge in [-0.05, 0) is 27.2 Å². The van der Waals surface area contributed by atoms with Gasteiger partial charge in [-0.1, -0.05) is 0 Å². The van der Waals surface area contributed by atoms with Crippen molar-refractivity contribution in [3.05, 3.63) is 0 Å². The van der Waals surface area contributed by atoms with Crippen LogP contribution in [0, 0.1) is 0 Å². The minimum absolute atomic E-state index is 0.366. The molecule has 3 unspecified atom stereocenters. The van der Waals surface area contributed by atoms with Gasteiger partial charge >= 0.3 is 0 Å². The molecule has 0 aromatic heterocycles. The summed E-state index contributed by atoms with van der Waals surface area (Å²) in [6.45, 7) is 7.40. The zero-order chi connectivity index (χ0) is 7.56. The van der Waals surface area contributed by atoms with Gasteiger partial charge in [0.15, 0.2) is 0 Å². The van der Waals surface area contributed by atoms with Crippen LogP contribution in [0.15, 0.2) is 0 Å². The second-order valence-corrected chi connectivity index (χ2v) is 3.22. The van der Waals surface area contributed by atoms with Gasteiger partial charge in [-0.25, -0.2) is 0 Å². The lowest BCUT2D eigenvalue weighted by molar-refractivity contribution is 0.0604. The maximum absolute atomic E-state index is 5.52. The molecular formula is C8H17NO. The van der Waals surface area contributed by atoms with E-state index in [0.717, 1.165) is 13.0 Å². The van der Waals surface area contributed by atoms with Gasteiger partial charge < -0.3 is 10.1 Å². The molecule has 0 radical (unpaired) electrons. The Labute approximate surface area is 63.0 Å². The minimum Gasteiger partial charge on any atom is -0.377 e. The quantitative estimate of drug-likeness (QED) is 0.549. The lowest BCUT2D eigenvalue weighted by Gasteiger charge is -2.18. The van der Waals surface area contributed by atoms with E-state index in [9.17, 15) is 0 Å². The van der Waals surface area contributed by atoms with Crippen molar-refractivity contribution in [1.82, 2.24) is 5.32 Å². The molecule has 1 fully saturated rings. The van der Waals surface area contributed by atoms with E-state index in [1.165, 1.54) is 0 Å². The number of rotatable bonds is 0. The molecule has 1 saturated heterocycles. The molecule has 1 aliphatic heterocycles. The molecule has 0 aromatic rings. The Morgan fingerprint density at radius 3 is 2.70 bits per heavy atom. The van der Waals surface area contributed by atoms with Gasteiger partial charge in [0.2, 0.25) is 0 Å². The molecule has 0 spiro atoms. The number of hydrogen-bond acceptors (Lipinski definition) is 2. The summed E-state index contributed by atoms with van der Waals surface area (Å²) in [5, 5.41) is 3.47. The topological polar surface area (TPSA) is 21.3 Å². The van der Waals surface area contributed by atoms with Crippen LogP contribution in [0.4, 0.5) is 0 Å². The summed E-state index contributed by atoms with van der Waals surface area (Å²) in [5.41, 5.74) is 0. The SMILES string of the molecule is CC1CCOC(C)C(C)N1. The first kappa shape index (κ1) is 8.02. The van der Waals surface area contributed by atoms with E-state index in [0.29, 0.717) is 18.2 Å². The van der Waals surface area contributed by atoms with E-state index in [-0.39, 0.29) is 0 Å². The van der Waals surface area contributed by atoms with Gasteiger partial charge in [0.05, 0.1) is 6.10 Å². The Morgan fingerprint density at radius 1 is 1.30 bits per heavy atom. The maximum Gasteiger partial charge on any atom is 0.0697 e. The third kappa shape index (κ3) is 1.96. The molecule has 0 saturated carbocycles. The molecule has 3 atom stereocenters. The highest BCUT2D eigenvalue weighted by molar-refractivity contribution is 4.75. The fourth-order valence-corrected chi connectivity index (χ4v) is 1.24. The second kappa shape index (κ2) is 3.35. The Kier molecular flexibility index (Phi) is 2.69. The third-order valence-electron chi connectivity index (χ3n) is 2.18. The highest BCUT2D eigenvalue weighted by Crippen LogP contribution is 2.07. The van der Waals surface area contributed by atoms with Crippen molar-refractivity contribution in [3.63, 3.8) is 0 Å². The van der Waals surface area contributed by atoms with Gasteiger partial charge in [-0.15, -0.1) is 0 Å². The monoisotopic (exact) mass is 143 g/mol. The summed E-state index contributed by atoms with van der Waals surface area (Å²) in [4.78, 5) is 0. The number of ether oxygens (including phenoxy) is 1. The van der Waals surface area contributed by atoms with Crippen molar-refractivity contribution >= 4 is 0 Å². The van der Waals surface area contributed by atoms with Crippen LogP contribution in [-0.4, -0.2) is 24.8 Å². The van der Waals surface area contributed by atoms with Crippen LogP contribution in [0.1, 0.15) is 27.2 Å². The molecule has 0 aliphatic carbocycles. The van der Waals surface area contributed by atoms with Gasteiger partial charge in [0, 0.05) is 18.7 Å². The molecule has 2 nitrogen and oxygen atoms in total. The smallest absolute Gasteiger partial charge is 0.0697 e. The van der Waals surface area contributed by atoms with Crippen LogP contribution < -0.4 is 5.32 Å². The van der Waals surface area contributed by atoms with E-state index in [1.54, 1.807) is 0 Å². The van der Waals surface area contributed by atoms with Crippen LogP contribution in [0.25, 0.3) is 0 Å². The summed E-state index contributed by atoms with van der Waals surface area (Å²) >= 11 is 0. The van der Waals surface area contributed by atoms with Gasteiger partial charge in [0.25, 0.3) is 0 Å².